The summed E-state index contributed by atoms with van der Waals surface area (Å²) in [5.74, 6) is -0.173. The normalized spacial score (nSPS) is 9.94. The molecule has 0 fully saturated rings. The number of nitrogens with two attached hydrogens (primary N) is 1. The molecular weight excluding hydrogens is 329 g/mol. The molecule has 1 aromatic heterocycles. The fraction of sp³-hybridized carbons (Fsp3) is 0. The number of amides is 1. The van der Waals surface area contributed by atoms with Crippen LogP contribution < -0.4 is 11.1 Å². The number of carbonyl (C=O) groups is 1. The summed E-state index contributed by atoms with van der Waals surface area (Å²) in [6.07, 6.45) is 3.09. The lowest BCUT2D eigenvalue weighted by molar-refractivity contribution is 0.102. The average Bonchev–Trinajstić information content (AvgIpc) is 2.32. The molecule has 0 saturated carbocycles. The molecule has 0 aliphatic heterocycles. The summed E-state index contributed by atoms with van der Waals surface area (Å²) in [5.41, 5.74) is 7.36. The second-order valence-electron chi connectivity index (χ2n) is 3.40. The van der Waals surface area contributed by atoms with Crippen LogP contribution in [0.2, 0.25) is 0 Å². The molecule has 1 aromatic carbocycles. The van der Waals surface area contributed by atoms with Gasteiger partial charge in [0.15, 0.2) is 0 Å². The topological polar surface area (TPSA) is 68.0 Å². The highest BCUT2D eigenvalue weighted by atomic mass is 127. The molecule has 2 aromatic rings. The van der Waals surface area contributed by atoms with Crippen molar-refractivity contribution in [1.29, 1.82) is 0 Å². The van der Waals surface area contributed by atoms with E-state index in [1.165, 1.54) is 6.20 Å². The first kappa shape index (κ1) is 11.8. The van der Waals surface area contributed by atoms with Crippen LogP contribution in [-0.4, -0.2) is 10.9 Å². The molecule has 0 saturated heterocycles. The van der Waals surface area contributed by atoms with Crippen molar-refractivity contribution in [1.82, 2.24) is 4.98 Å². The van der Waals surface area contributed by atoms with Crippen molar-refractivity contribution in [3.8, 4) is 0 Å². The smallest absolute Gasteiger partial charge is 0.256 e. The van der Waals surface area contributed by atoms with Crippen LogP contribution in [0.4, 0.5) is 11.4 Å². The minimum absolute atomic E-state index is 0.173. The Balaban J connectivity index is 2.24. The lowest BCUT2D eigenvalue weighted by Crippen LogP contribution is -2.14. The highest BCUT2D eigenvalue weighted by Gasteiger charge is 2.10. The van der Waals surface area contributed by atoms with E-state index in [0.29, 0.717) is 16.9 Å². The van der Waals surface area contributed by atoms with Crippen LogP contribution in [0.5, 0.6) is 0 Å². The zero-order valence-corrected chi connectivity index (χ0v) is 11.0. The van der Waals surface area contributed by atoms with Crippen molar-refractivity contribution in [2.24, 2.45) is 0 Å². The number of nitrogens with one attached hydrogen (secondary N) is 1. The van der Waals surface area contributed by atoms with Gasteiger partial charge in [-0.05, 0) is 40.8 Å². The standard InChI is InChI=1S/C12H10IN3O/c13-9-4-2-1-3-8(9)12(17)16-11-5-6-15-7-10(11)14/h1-7H,14H2,(H,15,16,17). The lowest BCUT2D eigenvalue weighted by atomic mass is 10.2. The molecule has 0 unspecified atom stereocenters. The van der Waals surface area contributed by atoms with Crippen molar-refractivity contribution in [3.05, 3.63) is 51.9 Å². The zero-order chi connectivity index (χ0) is 12.3. The SMILES string of the molecule is Nc1cnccc1NC(=O)c1ccccc1I. The molecule has 0 atom stereocenters. The summed E-state index contributed by atoms with van der Waals surface area (Å²) in [6.45, 7) is 0. The monoisotopic (exact) mass is 339 g/mol. The van der Waals surface area contributed by atoms with Crippen molar-refractivity contribution < 1.29 is 4.79 Å². The quantitative estimate of drug-likeness (QED) is 0.827. The van der Waals surface area contributed by atoms with E-state index in [2.05, 4.69) is 32.9 Å². The number of rotatable bonds is 2. The van der Waals surface area contributed by atoms with Gasteiger partial charge >= 0.3 is 0 Å². The number of anilines is 2. The number of carbonyl (C=O) groups excluding carboxylic acids is 1. The Kier molecular flexibility index (Phi) is 3.58. The maximum absolute atomic E-state index is 12.0. The molecule has 0 aliphatic carbocycles. The Labute approximate surface area is 112 Å². The second kappa shape index (κ2) is 5.13. The number of benzene rings is 1. The Hall–Kier alpha value is -1.63. The van der Waals surface area contributed by atoms with Gasteiger partial charge in [0.1, 0.15) is 0 Å². The third-order valence-corrected chi connectivity index (χ3v) is 3.16. The van der Waals surface area contributed by atoms with Crippen LogP contribution in [0.25, 0.3) is 0 Å². The lowest BCUT2D eigenvalue weighted by Gasteiger charge is -2.08. The molecule has 5 heteroatoms. The van der Waals surface area contributed by atoms with Gasteiger partial charge in [-0.25, -0.2) is 0 Å². The first-order valence-corrected chi connectivity index (χ1v) is 6.01. The van der Waals surface area contributed by atoms with Crippen LogP contribution >= 0.6 is 22.6 Å². The number of halogens is 1. The zero-order valence-electron chi connectivity index (χ0n) is 8.85. The van der Waals surface area contributed by atoms with Gasteiger partial charge in [-0.1, -0.05) is 12.1 Å². The minimum Gasteiger partial charge on any atom is -0.396 e. The van der Waals surface area contributed by atoms with E-state index in [1.54, 1.807) is 18.3 Å². The van der Waals surface area contributed by atoms with E-state index in [0.717, 1.165) is 3.57 Å². The summed E-state index contributed by atoms with van der Waals surface area (Å²) in [6, 6.07) is 9.04. The molecule has 1 heterocycles. The molecule has 0 spiro atoms. The van der Waals surface area contributed by atoms with Crippen molar-refractivity contribution in [2.75, 3.05) is 11.1 Å². The third-order valence-electron chi connectivity index (χ3n) is 2.22. The number of nitrogens with zero attached hydrogens (tertiary/aromatic N) is 1. The summed E-state index contributed by atoms with van der Waals surface area (Å²) in [4.78, 5) is 15.9. The van der Waals surface area contributed by atoms with Crippen LogP contribution in [0, 0.1) is 3.57 Å². The van der Waals surface area contributed by atoms with Gasteiger partial charge in [-0.15, -0.1) is 0 Å². The Morgan fingerprint density at radius 1 is 1.29 bits per heavy atom. The van der Waals surface area contributed by atoms with E-state index < -0.39 is 0 Å². The van der Waals surface area contributed by atoms with Gasteiger partial charge in [-0.3, -0.25) is 9.78 Å². The summed E-state index contributed by atoms with van der Waals surface area (Å²) in [7, 11) is 0. The van der Waals surface area contributed by atoms with Crippen LogP contribution in [0.15, 0.2) is 42.7 Å². The average molecular weight is 339 g/mol. The van der Waals surface area contributed by atoms with Crippen molar-refractivity contribution in [2.45, 2.75) is 0 Å². The molecule has 3 N–H and O–H groups in total. The van der Waals surface area contributed by atoms with E-state index >= 15 is 0 Å². The second-order valence-corrected chi connectivity index (χ2v) is 4.56. The molecule has 86 valence electrons. The Morgan fingerprint density at radius 2 is 2.06 bits per heavy atom. The van der Waals surface area contributed by atoms with Gasteiger partial charge in [0.05, 0.1) is 23.1 Å². The molecule has 0 radical (unpaired) electrons. The first-order chi connectivity index (χ1) is 8.18. The third kappa shape index (κ3) is 2.73. The summed E-state index contributed by atoms with van der Waals surface area (Å²) >= 11 is 2.12. The van der Waals surface area contributed by atoms with E-state index in [9.17, 15) is 4.79 Å². The highest BCUT2D eigenvalue weighted by Crippen LogP contribution is 2.18. The van der Waals surface area contributed by atoms with Crippen LogP contribution in [0.3, 0.4) is 0 Å². The number of nitrogen functional groups attached to an aromatic ring is 1. The van der Waals surface area contributed by atoms with E-state index in [-0.39, 0.29) is 5.91 Å². The molecule has 4 nitrogen and oxygen atoms in total. The number of hydrogen-bond donors (Lipinski definition) is 2. The highest BCUT2D eigenvalue weighted by molar-refractivity contribution is 14.1. The predicted octanol–water partition coefficient (Wildman–Crippen LogP) is 2.52. The summed E-state index contributed by atoms with van der Waals surface area (Å²) < 4.78 is 0.898. The molecule has 17 heavy (non-hydrogen) atoms. The van der Waals surface area contributed by atoms with Gasteiger partial charge in [0.25, 0.3) is 5.91 Å². The maximum Gasteiger partial charge on any atom is 0.256 e. The molecule has 1 amide bonds. The van der Waals surface area contributed by atoms with Gasteiger partial charge in [0.2, 0.25) is 0 Å². The Bertz CT molecular complexity index is 557. The van der Waals surface area contributed by atoms with E-state index in [1.807, 2.05) is 18.2 Å². The fourth-order valence-electron chi connectivity index (χ4n) is 1.36. The summed E-state index contributed by atoms with van der Waals surface area (Å²) in [5, 5.41) is 2.76. The van der Waals surface area contributed by atoms with Gasteiger partial charge < -0.3 is 11.1 Å². The number of pyridine rings is 1. The molecular formula is C12H10IN3O. The predicted molar refractivity (Wildman–Crippen MR) is 75.8 cm³/mol. The van der Waals surface area contributed by atoms with Crippen LogP contribution in [0.1, 0.15) is 10.4 Å². The molecule has 0 bridgehead atoms. The first-order valence-electron chi connectivity index (χ1n) is 4.94. The minimum atomic E-state index is -0.173. The number of hydrogen-bond acceptors (Lipinski definition) is 3. The largest absolute Gasteiger partial charge is 0.396 e. The van der Waals surface area contributed by atoms with Gasteiger partial charge in [-0.2, -0.15) is 0 Å². The van der Waals surface area contributed by atoms with Crippen molar-refractivity contribution >= 4 is 39.9 Å². The number of aromatic nitrogens is 1. The fourth-order valence-corrected chi connectivity index (χ4v) is 1.99. The Morgan fingerprint density at radius 3 is 2.76 bits per heavy atom. The van der Waals surface area contributed by atoms with E-state index in [4.69, 9.17) is 5.73 Å². The molecule has 2 rings (SSSR count). The van der Waals surface area contributed by atoms with Crippen LogP contribution in [-0.2, 0) is 0 Å². The molecule has 0 aliphatic rings. The van der Waals surface area contributed by atoms with Crippen molar-refractivity contribution in [3.63, 3.8) is 0 Å². The van der Waals surface area contributed by atoms with Gasteiger partial charge in [0, 0.05) is 9.77 Å². The maximum atomic E-state index is 12.0.